The molecular weight excluding hydrogens is 481 g/mol. The largest absolute Gasteiger partial charge is 0.494 e. The molecule has 166 valence electrons. The van der Waals surface area contributed by atoms with Crippen molar-refractivity contribution < 1.29 is 14.2 Å². The van der Waals surface area contributed by atoms with Crippen LogP contribution in [-0.4, -0.2) is 58.1 Å². The van der Waals surface area contributed by atoms with E-state index < -0.39 is 0 Å². The van der Waals surface area contributed by atoms with Crippen LogP contribution in [-0.2, 0) is 15.9 Å². The molecule has 1 aliphatic heterocycles. The second kappa shape index (κ2) is 16.7. The molecule has 2 N–H and O–H groups in total. The second-order valence-electron chi connectivity index (χ2n) is 6.99. The number of halogens is 1. The molecule has 7 heteroatoms. The summed E-state index contributed by atoms with van der Waals surface area (Å²) in [5.41, 5.74) is 1.29. The molecular formula is C22H38IN3O3. The van der Waals surface area contributed by atoms with Crippen LogP contribution < -0.4 is 15.4 Å². The molecule has 1 fully saturated rings. The molecule has 1 aliphatic rings. The van der Waals surface area contributed by atoms with Gasteiger partial charge < -0.3 is 24.8 Å². The van der Waals surface area contributed by atoms with Crippen LogP contribution in [0.2, 0.25) is 0 Å². The van der Waals surface area contributed by atoms with Crippen LogP contribution in [0.15, 0.2) is 29.3 Å². The van der Waals surface area contributed by atoms with Gasteiger partial charge in [0.15, 0.2) is 5.96 Å². The van der Waals surface area contributed by atoms with Gasteiger partial charge in [0.2, 0.25) is 0 Å². The van der Waals surface area contributed by atoms with Gasteiger partial charge in [-0.15, -0.1) is 24.0 Å². The first-order valence-electron chi connectivity index (χ1n) is 10.7. The number of benzene rings is 1. The third-order valence-corrected chi connectivity index (χ3v) is 4.55. The molecule has 29 heavy (non-hydrogen) atoms. The van der Waals surface area contributed by atoms with Gasteiger partial charge in [-0.25, -0.2) is 0 Å². The highest BCUT2D eigenvalue weighted by molar-refractivity contribution is 14.0. The number of nitrogens with zero attached hydrogens (tertiary/aromatic N) is 1. The lowest BCUT2D eigenvalue weighted by atomic mass is 10.1. The van der Waals surface area contributed by atoms with Gasteiger partial charge in [0, 0.05) is 32.8 Å². The molecule has 1 aromatic carbocycles. The van der Waals surface area contributed by atoms with Crippen molar-refractivity contribution in [2.24, 2.45) is 4.99 Å². The highest BCUT2D eigenvalue weighted by Crippen LogP contribution is 2.13. The molecule has 0 saturated carbocycles. The molecule has 1 aromatic rings. The summed E-state index contributed by atoms with van der Waals surface area (Å²) in [5.74, 6) is 1.82. The Morgan fingerprint density at radius 1 is 1.14 bits per heavy atom. The quantitative estimate of drug-likeness (QED) is 0.180. The van der Waals surface area contributed by atoms with Gasteiger partial charge >= 0.3 is 0 Å². The lowest BCUT2D eigenvalue weighted by Crippen LogP contribution is -2.38. The summed E-state index contributed by atoms with van der Waals surface area (Å²) in [6.07, 6.45) is 5.41. The number of nitrogens with one attached hydrogen (secondary N) is 2. The normalized spacial score (nSPS) is 16.3. The highest BCUT2D eigenvalue weighted by Gasteiger charge is 2.15. The maximum Gasteiger partial charge on any atom is 0.191 e. The number of hydrogen-bond donors (Lipinski definition) is 2. The molecule has 1 heterocycles. The number of unbranched alkanes of at least 4 members (excludes halogenated alkanes) is 1. The standard InChI is InChI=1S/C22H37N3O3.HI/c1-3-5-15-27-20-9-7-19(8-10-20)11-14-25-22(23-4-2)24-13-6-16-28-21-12-17-26-18-21;/h7-10,21H,3-6,11-18H2,1-2H3,(H2,23,24,25);1H. The van der Waals surface area contributed by atoms with Crippen molar-refractivity contribution in [3.8, 4) is 5.75 Å². The van der Waals surface area contributed by atoms with Gasteiger partial charge in [-0.3, -0.25) is 4.99 Å². The van der Waals surface area contributed by atoms with Gasteiger partial charge in [-0.05, 0) is 50.3 Å². The Balaban J connectivity index is 0.00000420. The van der Waals surface area contributed by atoms with Crippen molar-refractivity contribution in [1.29, 1.82) is 0 Å². The van der Waals surface area contributed by atoms with Crippen LogP contribution in [0.1, 0.15) is 45.1 Å². The fourth-order valence-electron chi connectivity index (χ4n) is 2.90. The first kappa shape index (κ1) is 26.0. The topological polar surface area (TPSA) is 64.1 Å². The lowest BCUT2D eigenvalue weighted by molar-refractivity contribution is 0.0424. The van der Waals surface area contributed by atoms with Gasteiger partial charge in [0.25, 0.3) is 0 Å². The zero-order chi connectivity index (χ0) is 19.9. The molecule has 0 aromatic heterocycles. The van der Waals surface area contributed by atoms with E-state index in [1.807, 2.05) is 0 Å². The first-order chi connectivity index (χ1) is 13.8. The molecule has 0 spiro atoms. The van der Waals surface area contributed by atoms with E-state index in [2.05, 4.69) is 53.7 Å². The summed E-state index contributed by atoms with van der Waals surface area (Å²) < 4.78 is 16.8. The van der Waals surface area contributed by atoms with Gasteiger partial charge in [-0.2, -0.15) is 0 Å². The van der Waals surface area contributed by atoms with E-state index in [1.54, 1.807) is 0 Å². The average molecular weight is 519 g/mol. The van der Waals surface area contributed by atoms with Crippen LogP contribution in [0.25, 0.3) is 0 Å². The zero-order valence-corrected chi connectivity index (χ0v) is 20.3. The van der Waals surface area contributed by atoms with Crippen molar-refractivity contribution in [2.45, 2.75) is 52.1 Å². The zero-order valence-electron chi connectivity index (χ0n) is 18.0. The summed E-state index contributed by atoms with van der Waals surface area (Å²) in [6, 6.07) is 8.38. The van der Waals surface area contributed by atoms with E-state index in [4.69, 9.17) is 14.2 Å². The van der Waals surface area contributed by atoms with Crippen LogP contribution in [0, 0.1) is 0 Å². The molecule has 0 aliphatic carbocycles. The Labute approximate surface area is 193 Å². The van der Waals surface area contributed by atoms with E-state index in [0.29, 0.717) is 0 Å². The predicted octanol–water partition coefficient (Wildman–Crippen LogP) is 3.78. The molecule has 1 atom stereocenters. The van der Waals surface area contributed by atoms with Gasteiger partial charge in [0.05, 0.1) is 19.3 Å². The van der Waals surface area contributed by atoms with E-state index >= 15 is 0 Å². The molecule has 1 saturated heterocycles. The summed E-state index contributed by atoms with van der Waals surface area (Å²) in [5, 5.41) is 6.70. The third-order valence-electron chi connectivity index (χ3n) is 4.55. The summed E-state index contributed by atoms with van der Waals surface area (Å²) in [4.78, 5) is 4.63. The Morgan fingerprint density at radius 3 is 2.66 bits per heavy atom. The highest BCUT2D eigenvalue weighted by atomic mass is 127. The molecule has 0 radical (unpaired) electrons. The minimum absolute atomic E-state index is 0. The third kappa shape index (κ3) is 11.6. The van der Waals surface area contributed by atoms with Crippen molar-refractivity contribution >= 4 is 29.9 Å². The minimum atomic E-state index is 0. The summed E-state index contributed by atoms with van der Waals surface area (Å²) >= 11 is 0. The molecule has 6 nitrogen and oxygen atoms in total. The fraction of sp³-hybridized carbons (Fsp3) is 0.682. The van der Waals surface area contributed by atoms with Crippen molar-refractivity contribution in [3.05, 3.63) is 29.8 Å². The maximum absolute atomic E-state index is 5.78. The number of ether oxygens (including phenoxy) is 3. The van der Waals surface area contributed by atoms with Crippen LogP contribution in [0.3, 0.4) is 0 Å². The van der Waals surface area contributed by atoms with Gasteiger partial charge in [-0.1, -0.05) is 25.5 Å². The summed E-state index contributed by atoms with van der Waals surface area (Å²) in [7, 11) is 0. The molecule has 2 rings (SSSR count). The van der Waals surface area contributed by atoms with Crippen LogP contribution in [0.5, 0.6) is 5.75 Å². The number of aliphatic imine (C=N–C) groups is 1. The number of guanidine groups is 1. The van der Waals surface area contributed by atoms with Crippen LogP contribution in [0.4, 0.5) is 0 Å². The van der Waals surface area contributed by atoms with E-state index in [-0.39, 0.29) is 30.1 Å². The first-order valence-corrected chi connectivity index (χ1v) is 10.7. The van der Waals surface area contributed by atoms with Crippen molar-refractivity contribution in [1.82, 2.24) is 10.6 Å². The smallest absolute Gasteiger partial charge is 0.191 e. The van der Waals surface area contributed by atoms with E-state index in [0.717, 1.165) is 89.9 Å². The molecule has 0 amide bonds. The maximum atomic E-state index is 5.78. The van der Waals surface area contributed by atoms with E-state index in [9.17, 15) is 0 Å². The number of hydrogen-bond acceptors (Lipinski definition) is 4. The van der Waals surface area contributed by atoms with E-state index in [1.165, 1.54) is 5.56 Å². The Kier molecular flexibility index (Phi) is 15.0. The fourth-order valence-corrected chi connectivity index (χ4v) is 2.90. The molecule has 1 unspecified atom stereocenters. The SMILES string of the molecule is CCCCOc1ccc(CCNC(=NCCCOC2CCOC2)NCC)cc1.I. The Morgan fingerprint density at radius 2 is 1.97 bits per heavy atom. The average Bonchev–Trinajstić information content (AvgIpc) is 3.22. The second-order valence-corrected chi connectivity index (χ2v) is 6.99. The van der Waals surface area contributed by atoms with Crippen LogP contribution >= 0.6 is 24.0 Å². The lowest BCUT2D eigenvalue weighted by Gasteiger charge is -2.12. The Hall–Kier alpha value is -1.06. The van der Waals surface area contributed by atoms with Gasteiger partial charge in [0.1, 0.15) is 5.75 Å². The molecule has 0 bridgehead atoms. The Bertz CT molecular complexity index is 549. The predicted molar refractivity (Wildman–Crippen MR) is 130 cm³/mol. The van der Waals surface area contributed by atoms with Crippen molar-refractivity contribution in [3.63, 3.8) is 0 Å². The minimum Gasteiger partial charge on any atom is -0.494 e. The monoisotopic (exact) mass is 519 g/mol. The number of rotatable bonds is 13. The van der Waals surface area contributed by atoms with Crippen molar-refractivity contribution in [2.75, 3.05) is 46.1 Å². The summed E-state index contributed by atoms with van der Waals surface area (Å²) in [6.45, 7) is 9.80.